The van der Waals surface area contributed by atoms with Gasteiger partial charge >= 0.3 is 11.9 Å². The lowest BCUT2D eigenvalue weighted by atomic mass is 10.1. The Morgan fingerprint density at radius 2 is 0.750 bits per heavy atom. The van der Waals surface area contributed by atoms with E-state index in [4.69, 9.17) is 28.4 Å². The molecule has 0 radical (unpaired) electrons. The van der Waals surface area contributed by atoms with E-state index in [1.807, 2.05) is 109 Å². The number of carbonyl (C=O) groups excluding carboxylic acids is 2. The molecule has 0 aliphatic carbocycles. The molecule has 0 aliphatic heterocycles. The Morgan fingerprint density at radius 1 is 0.423 bits per heavy atom. The first-order valence-electron chi connectivity index (χ1n) is 17.1. The van der Waals surface area contributed by atoms with Gasteiger partial charge in [-0.25, -0.2) is 9.59 Å². The van der Waals surface area contributed by atoms with Crippen LogP contribution in [0.15, 0.2) is 157 Å². The van der Waals surface area contributed by atoms with Crippen LogP contribution in [0.2, 0.25) is 0 Å². The van der Waals surface area contributed by atoms with Gasteiger partial charge in [0, 0.05) is 12.8 Å². The zero-order valence-corrected chi connectivity index (χ0v) is 29.4. The van der Waals surface area contributed by atoms with Crippen LogP contribution in [0, 0.1) is 0 Å². The van der Waals surface area contributed by atoms with E-state index in [1.165, 1.54) is 12.5 Å². The predicted octanol–water partition coefficient (Wildman–Crippen LogP) is 9.61. The maximum absolute atomic E-state index is 12.3. The van der Waals surface area contributed by atoms with Gasteiger partial charge in [-0.15, -0.1) is 0 Å². The van der Waals surface area contributed by atoms with E-state index in [2.05, 4.69) is 0 Å². The van der Waals surface area contributed by atoms with Crippen LogP contribution in [0.1, 0.15) is 26.7 Å². The van der Waals surface area contributed by atoms with Crippen molar-refractivity contribution < 1.29 is 38.0 Å². The van der Waals surface area contributed by atoms with Gasteiger partial charge in [0.05, 0.1) is 37.6 Å². The quantitative estimate of drug-likeness (QED) is 0.0387. The molecule has 0 saturated carbocycles. The molecule has 0 bridgehead atoms. The summed E-state index contributed by atoms with van der Waals surface area (Å²) in [5, 5.41) is 0. The van der Waals surface area contributed by atoms with Crippen LogP contribution in [0.5, 0.6) is 23.0 Å². The minimum absolute atomic E-state index is 0.215. The summed E-state index contributed by atoms with van der Waals surface area (Å²) in [4.78, 5) is 24.7. The van der Waals surface area contributed by atoms with Crippen LogP contribution >= 0.6 is 0 Å². The third kappa shape index (κ3) is 11.9. The van der Waals surface area contributed by atoms with E-state index in [9.17, 15) is 9.59 Å². The summed E-state index contributed by atoms with van der Waals surface area (Å²) in [6.45, 7) is 4.49. The number of benzene rings is 5. The summed E-state index contributed by atoms with van der Waals surface area (Å²) in [5.41, 5.74) is 5.14. The van der Waals surface area contributed by atoms with Crippen LogP contribution in [0.4, 0.5) is 0 Å². The Kier molecular flexibility index (Phi) is 14.1. The van der Waals surface area contributed by atoms with Gasteiger partial charge in [0.25, 0.3) is 0 Å². The fourth-order valence-electron chi connectivity index (χ4n) is 4.81. The fraction of sp³-hybridized carbons (Fsp3) is 0.182. The van der Waals surface area contributed by atoms with E-state index in [0.29, 0.717) is 60.2 Å². The van der Waals surface area contributed by atoms with Crippen LogP contribution in [-0.2, 0) is 19.1 Å². The molecular formula is C44H42O8. The molecular weight excluding hydrogens is 656 g/mol. The lowest BCUT2D eigenvalue weighted by molar-refractivity contribution is -0.140. The predicted molar refractivity (Wildman–Crippen MR) is 201 cm³/mol. The van der Waals surface area contributed by atoms with Crippen molar-refractivity contribution in [1.29, 1.82) is 0 Å². The van der Waals surface area contributed by atoms with E-state index in [1.54, 1.807) is 38.1 Å². The van der Waals surface area contributed by atoms with Gasteiger partial charge in [-0.3, -0.25) is 0 Å². The second-order valence-corrected chi connectivity index (χ2v) is 11.8. The van der Waals surface area contributed by atoms with Crippen LogP contribution in [0.25, 0.3) is 22.3 Å². The number of carbonyl (C=O) groups is 2. The molecule has 5 aromatic carbocycles. The highest BCUT2D eigenvalue weighted by Crippen LogP contribution is 2.24. The standard InChI is InChI=1S/C44H42O8/c1-33(31-51-41-19-15-37(16-20-41)35-11-5-3-6-12-35)43(45)49-29-9-27-47-39-23-25-40(26-24-39)48-28-10-30-50-44(46)34(2)32-52-42-21-17-38(18-22-42)36-13-7-4-8-14-36/h3-8,11-26,31-32H,9-10,27-30H2,1-2H3. The first-order valence-corrected chi connectivity index (χ1v) is 17.1. The largest absolute Gasteiger partial charge is 0.493 e. The van der Waals surface area contributed by atoms with Crippen LogP contribution in [-0.4, -0.2) is 38.4 Å². The maximum Gasteiger partial charge on any atom is 0.336 e. The van der Waals surface area contributed by atoms with E-state index in [-0.39, 0.29) is 13.2 Å². The molecule has 0 N–H and O–H groups in total. The molecule has 8 nitrogen and oxygen atoms in total. The number of hydrogen-bond donors (Lipinski definition) is 0. The second-order valence-electron chi connectivity index (χ2n) is 11.8. The lowest BCUT2D eigenvalue weighted by Crippen LogP contribution is -2.10. The first-order chi connectivity index (χ1) is 25.4. The van der Waals surface area contributed by atoms with Gasteiger partial charge in [0.2, 0.25) is 0 Å². The zero-order valence-electron chi connectivity index (χ0n) is 29.4. The van der Waals surface area contributed by atoms with E-state index < -0.39 is 11.9 Å². The molecule has 0 fully saturated rings. The SMILES string of the molecule is CC(=COc1ccc(-c2ccccc2)cc1)C(=O)OCCCOc1ccc(OCCCOC(=O)C(C)=COc2ccc(-c3ccccc3)cc2)cc1. The van der Waals surface area contributed by atoms with Crippen molar-refractivity contribution in [2.75, 3.05) is 26.4 Å². The van der Waals surface area contributed by atoms with Crippen molar-refractivity contribution >= 4 is 11.9 Å². The van der Waals surface area contributed by atoms with Crippen molar-refractivity contribution in [1.82, 2.24) is 0 Å². The highest BCUT2D eigenvalue weighted by molar-refractivity contribution is 5.87. The Bertz CT molecular complexity index is 1760. The Hall–Kier alpha value is -6.28. The average molecular weight is 699 g/mol. The molecule has 52 heavy (non-hydrogen) atoms. The smallest absolute Gasteiger partial charge is 0.336 e. The molecule has 0 heterocycles. The lowest BCUT2D eigenvalue weighted by Gasteiger charge is -2.10. The highest BCUT2D eigenvalue weighted by Gasteiger charge is 2.09. The molecule has 266 valence electrons. The van der Waals surface area contributed by atoms with Gasteiger partial charge < -0.3 is 28.4 Å². The summed E-state index contributed by atoms with van der Waals surface area (Å²) < 4.78 is 33.5. The second kappa shape index (κ2) is 19.8. The summed E-state index contributed by atoms with van der Waals surface area (Å²) >= 11 is 0. The molecule has 0 saturated heterocycles. The van der Waals surface area contributed by atoms with Crippen LogP contribution in [0.3, 0.4) is 0 Å². The van der Waals surface area contributed by atoms with Gasteiger partial charge in [-0.2, -0.15) is 0 Å². The first kappa shape index (κ1) is 37.0. The van der Waals surface area contributed by atoms with Crippen molar-refractivity contribution in [2.45, 2.75) is 26.7 Å². The van der Waals surface area contributed by atoms with Gasteiger partial charge in [0.1, 0.15) is 35.5 Å². The third-order valence-corrected chi connectivity index (χ3v) is 7.72. The Balaban J connectivity index is 0.903. The van der Waals surface area contributed by atoms with Gasteiger partial charge in [-0.1, -0.05) is 84.9 Å². The third-order valence-electron chi connectivity index (χ3n) is 7.72. The van der Waals surface area contributed by atoms with Crippen molar-refractivity contribution in [2.24, 2.45) is 0 Å². The van der Waals surface area contributed by atoms with Crippen molar-refractivity contribution in [3.63, 3.8) is 0 Å². The summed E-state index contributed by atoms with van der Waals surface area (Å²) in [6, 6.07) is 42.7. The summed E-state index contributed by atoms with van der Waals surface area (Å²) in [5.74, 6) is 1.71. The minimum atomic E-state index is -0.446. The van der Waals surface area contributed by atoms with Crippen molar-refractivity contribution in [3.05, 3.63) is 157 Å². The number of hydrogen-bond acceptors (Lipinski definition) is 8. The molecule has 5 rings (SSSR count). The summed E-state index contributed by atoms with van der Waals surface area (Å²) in [6.07, 6.45) is 3.85. The topological polar surface area (TPSA) is 89.5 Å². The fourth-order valence-corrected chi connectivity index (χ4v) is 4.81. The normalized spacial score (nSPS) is 11.3. The number of ether oxygens (including phenoxy) is 6. The summed E-state index contributed by atoms with van der Waals surface area (Å²) in [7, 11) is 0. The molecule has 5 aromatic rings. The average Bonchev–Trinajstić information content (AvgIpc) is 3.20. The maximum atomic E-state index is 12.3. The monoisotopic (exact) mass is 698 g/mol. The number of esters is 2. The zero-order chi connectivity index (χ0) is 36.4. The molecule has 0 aromatic heterocycles. The number of rotatable bonds is 18. The van der Waals surface area contributed by atoms with Crippen LogP contribution < -0.4 is 18.9 Å². The molecule has 0 aliphatic rings. The van der Waals surface area contributed by atoms with Crippen molar-refractivity contribution in [3.8, 4) is 45.3 Å². The molecule has 8 heteroatoms. The molecule has 0 atom stereocenters. The molecule has 0 unspecified atom stereocenters. The van der Waals surface area contributed by atoms with E-state index in [0.717, 1.165) is 22.3 Å². The molecule has 0 amide bonds. The minimum Gasteiger partial charge on any atom is -0.493 e. The van der Waals surface area contributed by atoms with Gasteiger partial charge in [0.15, 0.2) is 0 Å². The highest BCUT2D eigenvalue weighted by atomic mass is 16.5. The van der Waals surface area contributed by atoms with E-state index >= 15 is 0 Å². The Labute approximate surface area is 304 Å². The molecule has 0 spiro atoms. The Morgan fingerprint density at radius 3 is 1.12 bits per heavy atom. The van der Waals surface area contributed by atoms with Gasteiger partial charge in [-0.05, 0) is 84.6 Å².